The van der Waals surface area contributed by atoms with E-state index in [1.807, 2.05) is 11.9 Å². The minimum Gasteiger partial charge on any atom is -0.480 e. The summed E-state index contributed by atoms with van der Waals surface area (Å²) in [6.45, 7) is 0.670. The molecule has 3 amide bonds. The molecule has 1 aliphatic rings. The molecule has 1 aliphatic heterocycles. The number of nitrogens with two attached hydrogens (primary N) is 2. The molecule has 0 saturated carbocycles. The van der Waals surface area contributed by atoms with Gasteiger partial charge in [0.2, 0.25) is 11.9 Å². The van der Waals surface area contributed by atoms with Crippen LogP contribution < -0.4 is 21.7 Å². The predicted molar refractivity (Wildman–Crippen MR) is 140 cm³/mol. The molecule has 3 aromatic rings. The highest BCUT2D eigenvalue weighted by Crippen LogP contribution is 2.20. The molecule has 198 valence electrons. The number of nitrogens with zero attached hydrogens (tertiary/aromatic N) is 6. The molecule has 0 radical (unpaired) electrons. The van der Waals surface area contributed by atoms with E-state index in [1.165, 1.54) is 0 Å². The molecule has 38 heavy (non-hydrogen) atoms. The number of carbonyl (C=O) groups excluding carboxylic acids is 3. The van der Waals surface area contributed by atoms with Crippen LogP contribution in [0.4, 0.5) is 22.2 Å². The fourth-order valence-corrected chi connectivity index (χ4v) is 4.58. The van der Waals surface area contributed by atoms with Gasteiger partial charge in [0.15, 0.2) is 17.0 Å². The first-order chi connectivity index (χ1) is 18.1. The van der Waals surface area contributed by atoms with Gasteiger partial charge >= 0.3 is 5.97 Å². The summed E-state index contributed by atoms with van der Waals surface area (Å²) in [4.78, 5) is 67.8. The summed E-state index contributed by atoms with van der Waals surface area (Å²) in [5.74, 6) is -1.66. The zero-order valence-corrected chi connectivity index (χ0v) is 21.1. The lowest BCUT2D eigenvalue weighted by Gasteiger charge is -2.20. The summed E-state index contributed by atoms with van der Waals surface area (Å²) in [7, 11) is 1.82. The van der Waals surface area contributed by atoms with E-state index in [9.17, 15) is 24.3 Å². The molecule has 1 atom stereocenters. The highest BCUT2D eigenvalue weighted by Gasteiger charge is 2.29. The average molecular weight is 540 g/mol. The maximum absolute atomic E-state index is 12.7. The highest BCUT2D eigenvalue weighted by atomic mass is 32.2. The lowest BCUT2D eigenvalue weighted by molar-refractivity contribution is -0.139. The minimum atomic E-state index is -1.28. The van der Waals surface area contributed by atoms with Crippen molar-refractivity contribution < 1.29 is 24.3 Å². The third-order valence-corrected chi connectivity index (χ3v) is 6.64. The molecular formula is C23H25N9O5S. The van der Waals surface area contributed by atoms with Gasteiger partial charge in [-0.3, -0.25) is 19.3 Å². The second-order valence-corrected chi connectivity index (χ2v) is 9.51. The fourth-order valence-electron chi connectivity index (χ4n) is 3.78. The molecule has 3 heterocycles. The van der Waals surface area contributed by atoms with Crippen LogP contribution in [0.2, 0.25) is 0 Å². The van der Waals surface area contributed by atoms with Gasteiger partial charge in [-0.15, -0.1) is 0 Å². The number of carboxylic acid groups (broad SMARTS) is 1. The van der Waals surface area contributed by atoms with Crippen LogP contribution in [0, 0.1) is 0 Å². The first-order valence-corrected chi connectivity index (χ1v) is 12.5. The number of fused-ring (bicyclic) bond motifs is 1. The maximum atomic E-state index is 12.7. The van der Waals surface area contributed by atoms with E-state index in [1.54, 1.807) is 30.5 Å². The van der Waals surface area contributed by atoms with Crippen molar-refractivity contribution in [1.82, 2.24) is 30.2 Å². The third kappa shape index (κ3) is 6.05. The average Bonchev–Trinajstić information content (AvgIpc) is 3.32. The zero-order valence-electron chi connectivity index (χ0n) is 20.3. The Morgan fingerprint density at radius 1 is 1.18 bits per heavy atom. The van der Waals surface area contributed by atoms with Crippen molar-refractivity contribution in [2.45, 2.75) is 25.4 Å². The number of carboxylic acids is 1. The third-order valence-electron chi connectivity index (χ3n) is 5.78. The molecule has 4 rings (SSSR count). The summed E-state index contributed by atoms with van der Waals surface area (Å²) in [5, 5.41) is 11.6. The molecule has 14 nitrogen and oxygen atoms in total. The van der Waals surface area contributed by atoms with Crippen molar-refractivity contribution in [2.24, 2.45) is 0 Å². The first-order valence-electron chi connectivity index (χ1n) is 11.5. The topological polar surface area (TPSA) is 211 Å². The summed E-state index contributed by atoms with van der Waals surface area (Å²) < 4.78 is 0. The number of nitrogens with one attached hydrogen (secondary N) is 1. The maximum Gasteiger partial charge on any atom is 0.326 e. The van der Waals surface area contributed by atoms with E-state index in [0.717, 1.165) is 22.3 Å². The minimum absolute atomic E-state index is 0.0132. The largest absolute Gasteiger partial charge is 0.480 e. The molecule has 1 fully saturated rings. The van der Waals surface area contributed by atoms with Gasteiger partial charge in [-0.2, -0.15) is 9.97 Å². The van der Waals surface area contributed by atoms with Crippen molar-refractivity contribution >= 4 is 63.4 Å². The lowest BCUT2D eigenvalue weighted by atomic mass is 10.1. The summed E-state index contributed by atoms with van der Waals surface area (Å²) in [5.41, 5.74) is 13.7. The lowest BCUT2D eigenvalue weighted by Crippen LogP contribution is -2.42. The van der Waals surface area contributed by atoms with Gasteiger partial charge in [0.05, 0.1) is 18.4 Å². The number of amides is 3. The molecular weight excluding hydrogens is 514 g/mol. The van der Waals surface area contributed by atoms with Gasteiger partial charge in [-0.25, -0.2) is 14.8 Å². The quantitative estimate of drug-likeness (QED) is 0.298. The Hall–Kier alpha value is -4.53. The van der Waals surface area contributed by atoms with Gasteiger partial charge < -0.3 is 26.8 Å². The Balaban J connectivity index is 1.36. The monoisotopic (exact) mass is 539 g/mol. The van der Waals surface area contributed by atoms with Gasteiger partial charge in [0.25, 0.3) is 11.1 Å². The Labute approximate surface area is 220 Å². The number of benzene rings is 1. The number of nitrogen functional groups attached to an aromatic ring is 2. The summed E-state index contributed by atoms with van der Waals surface area (Å²) in [6, 6.07) is 5.25. The molecule has 0 spiro atoms. The van der Waals surface area contributed by atoms with E-state index < -0.39 is 23.8 Å². The number of aromatic nitrogens is 4. The number of hydrogen-bond donors (Lipinski definition) is 4. The van der Waals surface area contributed by atoms with Crippen molar-refractivity contribution in [1.29, 1.82) is 0 Å². The van der Waals surface area contributed by atoms with Crippen LogP contribution in [0.25, 0.3) is 11.2 Å². The normalized spacial score (nSPS) is 13.9. The zero-order chi connectivity index (χ0) is 27.4. The van der Waals surface area contributed by atoms with E-state index in [4.69, 9.17) is 11.5 Å². The second kappa shape index (κ2) is 11.2. The SMILES string of the molecule is CN(Cc1cnc2nc(N)nc(N)c2n1)c1ccc(C(=O)NC(CCC(=O)N2CCSC2=O)C(=O)O)cc1. The Morgan fingerprint density at radius 3 is 2.58 bits per heavy atom. The molecule has 0 aliphatic carbocycles. The Kier molecular flexibility index (Phi) is 7.85. The standard InChI is InChI=1S/C23H25N9O5S/c1-31(11-13-10-26-19-17(27-13)18(24)29-22(25)30-19)14-4-2-12(3-5-14)20(34)28-15(21(35)36)6-7-16(33)32-8-9-38-23(32)37/h2-5,10,15H,6-9,11H2,1H3,(H,28,34)(H,35,36)(H4,24,25,26,29,30). The van der Waals surface area contributed by atoms with Crippen molar-refractivity contribution in [3.05, 3.63) is 41.7 Å². The van der Waals surface area contributed by atoms with Gasteiger partial charge in [0, 0.05) is 37.0 Å². The van der Waals surface area contributed by atoms with Crippen LogP contribution in [0.1, 0.15) is 28.9 Å². The molecule has 6 N–H and O–H groups in total. The number of aliphatic carboxylic acids is 1. The first kappa shape index (κ1) is 26.5. The van der Waals surface area contributed by atoms with Crippen LogP contribution in [0.3, 0.4) is 0 Å². The number of imide groups is 1. The highest BCUT2D eigenvalue weighted by molar-refractivity contribution is 8.13. The van der Waals surface area contributed by atoms with Crippen LogP contribution >= 0.6 is 11.8 Å². The summed E-state index contributed by atoms with van der Waals surface area (Å²) >= 11 is 1.04. The van der Waals surface area contributed by atoms with E-state index in [-0.39, 0.29) is 35.4 Å². The second-order valence-electron chi connectivity index (χ2n) is 8.47. The molecule has 1 saturated heterocycles. The Bertz CT molecular complexity index is 1400. The molecule has 1 unspecified atom stereocenters. The fraction of sp³-hybridized carbons (Fsp3) is 0.304. The van der Waals surface area contributed by atoms with Crippen LogP contribution in [-0.4, -0.2) is 78.4 Å². The molecule has 2 aromatic heterocycles. The number of thioether (sulfide) groups is 1. The molecule has 1 aromatic carbocycles. The van der Waals surface area contributed by atoms with Crippen LogP contribution in [0.15, 0.2) is 30.5 Å². The number of anilines is 3. The number of hydrogen-bond acceptors (Lipinski definition) is 12. The smallest absolute Gasteiger partial charge is 0.326 e. The van der Waals surface area contributed by atoms with Crippen molar-refractivity contribution in [2.75, 3.05) is 35.7 Å². The summed E-state index contributed by atoms with van der Waals surface area (Å²) in [6.07, 6.45) is 1.25. The van der Waals surface area contributed by atoms with Crippen LogP contribution in [0.5, 0.6) is 0 Å². The predicted octanol–water partition coefficient (Wildman–Crippen LogP) is 0.879. The number of carbonyl (C=O) groups is 4. The Morgan fingerprint density at radius 2 is 1.92 bits per heavy atom. The van der Waals surface area contributed by atoms with Crippen LogP contribution in [-0.2, 0) is 16.1 Å². The molecule has 0 bridgehead atoms. The molecule has 15 heteroatoms. The number of rotatable bonds is 9. The van der Waals surface area contributed by atoms with Gasteiger partial charge in [-0.1, -0.05) is 11.8 Å². The van der Waals surface area contributed by atoms with Crippen molar-refractivity contribution in [3.8, 4) is 0 Å². The van der Waals surface area contributed by atoms with E-state index in [0.29, 0.717) is 35.7 Å². The van der Waals surface area contributed by atoms with Crippen molar-refractivity contribution in [3.63, 3.8) is 0 Å². The van der Waals surface area contributed by atoms with E-state index >= 15 is 0 Å². The van der Waals surface area contributed by atoms with Gasteiger partial charge in [-0.05, 0) is 30.7 Å². The van der Waals surface area contributed by atoms with Gasteiger partial charge in [0.1, 0.15) is 6.04 Å². The van der Waals surface area contributed by atoms with E-state index in [2.05, 4.69) is 25.3 Å².